The highest BCUT2D eigenvalue weighted by atomic mass is 32.2. The molecule has 0 saturated heterocycles. The summed E-state index contributed by atoms with van der Waals surface area (Å²) in [7, 11) is 0. The summed E-state index contributed by atoms with van der Waals surface area (Å²) in [6.45, 7) is 0. The summed E-state index contributed by atoms with van der Waals surface area (Å²) in [5, 5.41) is 38.0. The maximum absolute atomic E-state index is 9.48. The average Bonchev–Trinajstić information content (AvgIpc) is 2.64. The number of hydrogen-bond donors (Lipinski definition) is 4. The molecule has 0 heterocycles. The number of aliphatic hydroxyl groups excluding tert-OH is 2. The molecule has 140 valence electrons. The van der Waals surface area contributed by atoms with Crippen LogP contribution in [0.25, 0.3) is 0 Å². The highest BCUT2D eigenvalue weighted by Gasteiger charge is 2.52. The van der Waals surface area contributed by atoms with Gasteiger partial charge in [0.1, 0.15) is 0 Å². The lowest BCUT2D eigenvalue weighted by Crippen LogP contribution is -2.49. The van der Waals surface area contributed by atoms with E-state index in [-0.39, 0.29) is 4.75 Å². The third kappa shape index (κ3) is 4.44. The van der Waals surface area contributed by atoms with E-state index in [4.69, 9.17) is 0 Å². The molecule has 0 aromatic heterocycles. The van der Waals surface area contributed by atoms with E-state index in [9.17, 15) is 20.4 Å². The van der Waals surface area contributed by atoms with Crippen molar-refractivity contribution in [2.45, 2.75) is 80.4 Å². The van der Waals surface area contributed by atoms with Crippen LogP contribution < -0.4 is 0 Å². The predicted octanol–water partition coefficient (Wildman–Crippen LogP) is 2.58. The van der Waals surface area contributed by atoms with Crippen LogP contribution >= 0.6 is 23.5 Å². The normalized spacial score (nSPS) is 39.8. The Morgan fingerprint density at radius 1 is 0.833 bits per heavy atom. The van der Waals surface area contributed by atoms with Crippen LogP contribution in [0.1, 0.15) is 57.8 Å². The first kappa shape index (κ1) is 19.3. The van der Waals surface area contributed by atoms with Gasteiger partial charge in [0.05, 0.1) is 0 Å². The van der Waals surface area contributed by atoms with E-state index in [1.807, 2.05) is 0 Å². The first-order valence-electron chi connectivity index (χ1n) is 9.47. The zero-order valence-electron chi connectivity index (χ0n) is 14.3. The van der Waals surface area contributed by atoms with Gasteiger partial charge in [-0.05, 0) is 49.9 Å². The Hall–Kier alpha value is 0.540. The van der Waals surface area contributed by atoms with Crippen molar-refractivity contribution in [1.82, 2.24) is 0 Å². The molecule has 0 amide bonds. The van der Waals surface area contributed by atoms with Crippen molar-refractivity contribution in [3.63, 3.8) is 0 Å². The third-order valence-corrected chi connectivity index (χ3v) is 9.80. The molecule has 5 unspecified atom stereocenters. The lowest BCUT2D eigenvalue weighted by atomic mass is 9.73. The van der Waals surface area contributed by atoms with E-state index < -0.39 is 12.6 Å². The number of thioether (sulfide) groups is 2. The van der Waals surface area contributed by atoms with Gasteiger partial charge in [-0.3, -0.25) is 0 Å². The van der Waals surface area contributed by atoms with E-state index in [1.54, 1.807) is 23.5 Å². The van der Waals surface area contributed by atoms with Crippen molar-refractivity contribution in [2.24, 2.45) is 17.8 Å². The standard InChI is InChI=1S/C18H32O4S2/c19-16(20)10-23-15-6-2-5-14-8-12-3-1-4-13(7-12)9-18(14,15)24-11-17(21)22/h12-17,19-22H,1-11H2. The van der Waals surface area contributed by atoms with Crippen molar-refractivity contribution in [3.8, 4) is 0 Å². The Balaban J connectivity index is 1.84. The topological polar surface area (TPSA) is 80.9 Å². The van der Waals surface area contributed by atoms with Crippen molar-refractivity contribution >= 4 is 23.5 Å². The largest absolute Gasteiger partial charge is 0.367 e. The Morgan fingerprint density at radius 3 is 2.29 bits per heavy atom. The summed E-state index contributed by atoms with van der Waals surface area (Å²) >= 11 is 3.48. The molecule has 5 atom stereocenters. The van der Waals surface area contributed by atoms with Crippen LogP contribution in [0, 0.1) is 17.8 Å². The van der Waals surface area contributed by atoms with Gasteiger partial charge in [0.2, 0.25) is 0 Å². The first-order chi connectivity index (χ1) is 11.5. The molecule has 0 aliphatic heterocycles. The van der Waals surface area contributed by atoms with Crippen LogP contribution in [-0.4, -0.2) is 54.5 Å². The molecule has 3 rings (SSSR count). The molecule has 3 saturated carbocycles. The fourth-order valence-electron chi connectivity index (χ4n) is 5.50. The lowest BCUT2D eigenvalue weighted by Gasteiger charge is -2.50. The third-order valence-electron chi connectivity index (χ3n) is 6.32. The summed E-state index contributed by atoms with van der Waals surface area (Å²) in [5.41, 5.74) is 0. The van der Waals surface area contributed by atoms with Gasteiger partial charge in [0.25, 0.3) is 0 Å². The number of hydrogen-bond acceptors (Lipinski definition) is 6. The van der Waals surface area contributed by atoms with Crippen LogP contribution in [0.4, 0.5) is 0 Å². The van der Waals surface area contributed by atoms with Crippen molar-refractivity contribution in [3.05, 3.63) is 0 Å². The monoisotopic (exact) mass is 376 g/mol. The van der Waals surface area contributed by atoms with Gasteiger partial charge in [0.15, 0.2) is 12.6 Å². The van der Waals surface area contributed by atoms with Crippen molar-refractivity contribution in [2.75, 3.05) is 11.5 Å². The quantitative estimate of drug-likeness (QED) is 0.534. The minimum atomic E-state index is -1.26. The molecule has 0 radical (unpaired) electrons. The molecule has 3 aliphatic carbocycles. The van der Waals surface area contributed by atoms with Gasteiger partial charge in [-0.15, -0.1) is 11.8 Å². The van der Waals surface area contributed by atoms with Crippen molar-refractivity contribution < 1.29 is 20.4 Å². The molecule has 24 heavy (non-hydrogen) atoms. The van der Waals surface area contributed by atoms with E-state index in [1.165, 1.54) is 51.4 Å². The van der Waals surface area contributed by atoms with Gasteiger partial charge in [0, 0.05) is 21.5 Å². The molecule has 0 aromatic rings. The molecule has 3 aliphatic rings. The van der Waals surface area contributed by atoms with Gasteiger partial charge in [-0.25, -0.2) is 0 Å². The molecule has 0 spiro atoms. The van der Waals surface area contributed by atoms with Crippen LogP contribution in [0.5, 0.6) is 0 Å². The summed E-state index contributed by atoms with van der Waals surface area (Å²) in [5.74, 6) is 2.97. The Bertz CT molecular complexity index is 406. The molecule has 0 aromatic carbocycles. The molecule has 2 bridgehead atoms. The van der Waals surface area contributed by atoms with Gasteiger partial charge in [-0.2, -0.15) is 11.8 Å². The van der Waals surface area contributed by atoms with Crippen LogP contribution in [0.3, 0.4) is 0 Å². The number of aliphatic hydroxyl groups is 4. The highest BCUT2D eigenvalue weighted by Crippen LogP contribution is 2.58. The summed E-state index contributed by atoms with van der Waals surface area (Å²) in [4.78, 5) is 0. The minimum Gasteiger partial charge on any atom is -0.367 e. The van der Waals surface area contributed by atoms with E-state index >= 15 is 0 Å². The summed E-state index contributed by atoms with van der Waals surface area (Å²) in [6, 6.07) is 0. The zero-order valence-corrected chi connectivity index (χ0v) is 16.0. The number of rotatable bonds is 6. The Labute approximate surface area is 153 Å². The maximum atomic E-state index is 9.48. The first-order valence-corrected chi connectivity index (χ1v) is 11.5. The molecule has 6 heteroatoms. The Kier molecular flexibility index (Phi) is 6.83. The number of fused-ring (bicyclic) bond motifs is 3. The van der Waals surface area contributed by atoms with E-state index in [2.05, 4.69) is 0 Å². The molecular weight excluding hydrogens is 344 g/mol. The van der Waals surface area contributed by atoms with Gasteiger partial charge in [-0.1, -0.05) is 25.7 Å². The average molecular weight is 377 g/mol. The van der Waals surface area contributed by atoms with Gasteiger partial charge < -0.3 is 20.4 Å². The fraction of sp³-hybridized carbons (Fsp3) is 1.00. The smallest absolute Gasteiger partial charge is 0.160 e. The molecular formula is C18H32O4S2. The summed E-state index contributed by atoms with van der Waals surface area (Å²) < 4.78 is 0.0747. The summed E-state index contributed by atoms with van der Waals surface area (Å²) in [6.07, 6.45) is 8.88. The second-order valence-corrected chi connectivity index (χ2v) is 10.6. The van der Waals surface area contributed by atoms with Gasteiger partial charge >= 0.3 is 0 Å². The SMILES string of the molecule is OC(O)CSC1CCCC2CC3CCCC(C3)CC21SCC(O)O. The van der Waals surface area contributed by atoms with Crippen molar-refractivity contribution in [1.29, 1.82) is 0 Å². The molecule has 4 N–H and O–H groups in total. The lowest BCUT2D eigenvalue weighted by molar-refractivity contribution is -0.0200. The highest BCUT2D eigenvalue weighted by molar-refractivity contribution is 8.04. The zero-order chi connectivity index (χ0) is 17.2. The van der Waals surface area contributed by atoms with Crippen LogP contribution in [0.15, 0.2) is 0 Å². The second-order valence-electron chi connectivity index (χ2n) is 8.02. The second kappa shape index (κ2) is 8.49. The Morgan fingerprint density at radius 2 is 1.54 bits per heavy atom. The van der Waals surface area contributed by atoms with Crippen LogP contribution in [0.2, 0.25) is 0 Å². The fourth-order valence-corrected chi connectivity index (χ4v) is 8.78. The maximum Gasteiger partial charge on any atom is 0.160 e. The molecule has 3 fully saturated rings. The van der Waals surface area contributed by atoms with Crippen LogP contribution in [-0.2, 0) is 0 Å². The predicted molar refractivity (Wildman–Crippen MR) is 99.9 cm³/mol. The minimum absolute atomic E-state index is 0.0747. The molecule has 4 nitrogen and oxygen atoms in total. The van der Waals surface area contributed by atoms with E-state index in [0.717, 1.165) is 18.3 Å². The van der Waals surface area contributed by atoms with E-state index in [0.29, 0.717) is 22.7 Å².